The number of halogens is 5. The summed E-state index contributed by atoms with van der Waals surface area (Å²) in [5.74, 6) is -3.31. The molecule has 4 aromatic rings. The van der Waals surface area contributed by atoms with Gasteiger partial charge in [0.25, 0.3) is 0 Å². The average Bonchev–Trinajstić information content (AvgIpc) is 3.24. The van der Waals surface area contributed by atoms with E-state index in [1.165, 1.54) is 18.9 Å². The Morgan fingerprint density at radius 3 is 2.57 bits per heavy atom. The third-order valence-corrected chi connectivity index (χ3v) is 6.53. The molecule has 0 aliphatic carbocycles. The molecule has 1 aromatic carbocycles. The fourth-order valence-electron chi connectivity index (χ4n) is 4.81. The fraction of sp³-hybridized carbons (Fsp3) is 0.333. The summed E-state index contributed by atoms with van der Waals surface area (Å²) < 4.78 is 70.1. The topological polar surface area (TPSA) is 112 Å². The Kier molecular flexibility index (Phi) is 6.40. The van der Waals surface area contributed by atoms with Crippen LogP contribution in [0.5, 0.6) is 0 Å². The molecule has 0 bridgehead atoms. The largest absolute Gasteiger partial charge is 0.382 e. The Morgan fingerprint density at radius 2 is 1.78 bits per heavy atom. The molecule has 1 aliphatic rings. The number of alkyl halides is 2. The number of anilines is 2. The van der Waals surface area contributed by atoms with Crippen molar-refractivity contribution < 1.29 is 22.0 Å². The molecule has 8 nitrogen and oxygen atoms in total. The number of nitrogen functional groups attached to an aromatic ring is 1. The molecule has 0 amide bonds. The highest BCUT2D eigenvalue weighted by Crippen LogP contribution is 2.33. The van der Waals surface area contributed by atoms with Crippen molar-refractivity contribution in [3.05, 3.63) is 60.1 Å². The molecule has 4 N–H and O–H groups in total. The first-order valence-electron chi connectivity index (χ1n) is 11.5. The summed E-state index contributed by atoms with van der Waals surface area (Å²) in [4.78, 5) is 18.6. The molecule has 1 aliphatic heterocycles. The van der Waals surface area contributed by atoms with E-state index in [4.69, 9.17) is 11.5 Å². The molecule has 0 spiro atoms. The molecular formula is C24H23F5N8. The van der Waals surface area contributed by atoms with E-state index in [2.05, 4.69) is 19.9 Å². The van der Waals surface area contributed by atoms with Gasteiger partial charge in [0.05, 0.1) is 30.5 Å². The van der Waals surface area contributed by atoms with Crippen LogP contribution in [0.2, 0.25) is 0 Å². The van der Waals surface area contributed by atoms with Gasteiger partial charge < -0.3 is 20.9 Å². The Morgan fingerprint density at radius 1 is 1.00 bits per heavy atom. The predicted octanol–water partition coefficient (Wildman–Crippen LogP) is 3.89. The number of nitrogens with two attached hydrogens (primary N) is 2. The van der Waals surface area contributed by atoms with Gasteiger partial charge in [0, 0.05) is 36.7 Å². The molecule has 4 heterocycles. The van der Waals surface area contributed by atoms with Crippen LogP contribution in [0.25, 0.3) is 22.4 Å². The number of pyridine rings is 1. The lowest BCUT2D eigenvalue weighted by Crippen LogP contribution is -2.55. The van der Waals surface area contributed by atoms with Gasteiger partial charge in [0.15, 0.2) is 23.1 Å². The van der Waals surface area contributed by atoms with Crippen molar-refractivity contribution in [2.75, 3.05) is 23.7 Å². The normalized spacial score (nSPS) is 18.2. The van der Waals surface area contributed by atoms with Crippen LogP contribution in [-0.4, -0.2) is 49.6 Å². The van der Waals surface area contributed by atoms with Gasteiger partial charge >= 0.3 is 0 Å². The molecule has 1 fully saturated rings. The van der Waals surface area contributed by atoms with Crippen molar-refractivity contribution in [2.24, 2.45) is 5.73 Å². The highest BCUT2D eigenvalue weighted by atomic mass is 19.3. The Hall–Kier alpha value is -3.87. The Bertz CT molecular complexity index is 1460. The van der Waals surface area contributed by atoms with Crippen LogP contribution in [0.15, 0.2) is 37.1 Å². The number of rotatable bonds is 6. The first kappa shape index (κ1) is 24.8. The van der Waals surface area contributed by atoms with E-state index in [-0.39, 0.29) is 30.2 Å². The molecule has 13 heteroatoms. The summed E-state index contributed by atoms with van der Waals surface area (Å²) in [6, 6.07) is 2.74. The molecule has 3 aromatic heterocycles. The summed E-state index contributed by atoms with van der Waals surface area (Å²) >= 11 is 0. The maximum Gasteiger partial charge on any atom is 0.240 e. The van der Waals surface area contributed by atoms with Crippen molar-refractivity contribution in [1.82, 2.24) is 24.5 Å². The first-order chi connectivity index (χ1) is 17.6. The lowest BCUT2D eigenvalue weighted by atomic mass is 9.86. The highest BCUT2D eigenvalue weighted by Gasteiger charge is 2.35. The molecule has 1 atom stereocenters. The minimum Gasteiger partial charge on any atom is -0.382 e. The zero-order chi connectivity index (χ0) is 26.3. The van der Waals surface area contributed by atoms with Crippen LogP contribution < -0.4 is 16.4 Å². The van der Waals surface area contributed by atoms with E-state index in [9.17, 15) is 22.0 Å². The quantitative estimate of drug-likeness (QED) is 0.294. The van der Waals surface area contributed by atoms with E-state index < -0.39 is 35.8 Å². The zero-order valence-electron chi connectivity index (χ0n) is 19.5. The van der Waals surface area contributed by atoms with Crippen molar-refractivity contribution in [2.45, 2.75) is 37.8 Å². The summed E-state index contributed by atoms with van der Waals surface area (Å²) in [5, 5.41) is 0. The second kappa shape index (κ2) is 9.54. The number of piperidine rings is 1. The smallest absolute Gasteiger partial charge is 0.240 e. The van der Waals surface area contributed by atoms with Crippen LogP contribution in [0.1, 0.15) is 24.8 Å². The lowest BCUT2D eigenvalue weighted by Gasteiger charge is -2.42. The van der Waals surface area contributed by atoms with Gasteiger partial charge in [0.2, 0.25) is 6.43 Å². The van der Waals surface area contributed by atoms with Crippen LogP contribution in [-0.2, 0) is 6.54 Å². The van der Waals surface area contributed by atoms with Crippen LogP contribution in [0.3, 0.4) is 0 Å². The van der Waals surface area contributed by atoms with Gasteiger partial charge in [0.1, 0.15) is 17.7 Å². The highest BCUT2D eigenvalue weighted by molar-refractivity contribution is 5.81. The predicted molar refractivity (Wildman–Crippen MR) is 127 cm³/mol. The van der Waals surface area contributed by atoms with Crippen molar-refractivity contribution in [1.29, 1.82) is 0 Å². The van der Waals surface area contributed by atoms with E-state index in [1.807, 2.05) is 4.90 Å². The maximum absolute atomic E-state index is 14.6. The number of hydrogen-bond acceptors (Lipinski definition) is 7. The molecule has 0 radical (unpaired) electrons. The third-order valence-electron chi connectivity index (χ3n) is 6.53. The zero-order valence-corrected chi connectivity index (χ0v) is 19.5. The van der Waals surface area contributed by atoms with E-state index >= 15 is 0 Å². The Labute approximate surface area is 208 Å². The van der Waals surface area contributed by atoms with Crippen molar-refractivity contribution in [3.63, 3.8) is 0 Å². The first-order valence-corrected chi connectivity index (χ1v) is 11.5. The number of imidazole rings is 1. The average molecular weight is 518 g/mol. The Balaban J connectivity index is 1.59. The number of nitrogens with zero attached hydrogens (tertiary/aromatic N) is 6. The summed E-state index contributed by atoms with van der Waals surface area (Å²) in [5.41, 5.74) is 13.0. The van der Waals surface area contributed by atoms with E-state index in [0.29, 0.717) is 47.9 Å². The minimum atomic E-state index is -2.55. The summed E-state index contributed by atoms with van der Waals surface area (Å²) in [6.07, 6.45) is 2.29. The van der Waals surface area contributed by atoms with Crippen LogP contribution in [0.4, 0.5) is 33.5 Å². The fourth-order valence-corrected chi connectivity index (χ4v) is 4.81. The van der Waals surface area contributed by atoms with Gasteiger partial charge in [-0.15, -0.1) is 0 Å². The molecule has 37 heavy (non-hydrogen) atoms. The second-order valence-corrected chi connectivity index (χ2v) is 9.23. The summed E-state index contributed by atoms with van der Waals surface area (Å²) in [6.45, 7) is 0.853. The maximum atomic E-state index is 14.6. The van der Waals surface area contributed by atoms with Gasteiger partial charge in [-0.3, -0.25) is 4.98 Å². The molecule has 5 rings (SSSR count). The number of hydrogen-bond donors (Lipinski definition) is 2. The molecular weight excluding hydrogens is 495 g/mol. The third kappa shape index (κ3) is 4.90. The van der Waals surface area contributed by atoms with Gasteiger partial charge in [-0.25, -0.2) is 36.9 Å². The molecule has 0 saturated carbocycles. The summed E-state index contributed by atoms with van der Waals surface area (Å²) in [7, 11) is 0. The molecule has 1 saturated heterocycles. The number of benzene rings is 1. The van der Waals surface area contributed by atoms with Crippen LogP contribution in [0, 0.1) is 17.5 Å². The van der Waals surface area contributed by atoms with Gasteiger partial charge in [-0.1, -0.05) is 0 Å². The van der Waals surface area contributed by atoms with Gasteiger partial charge in [-0.2, -0.15) is 0 Å². The SMILES string of the molecule is Nc1ncnc2c1ncn2Cc1cc(-c2cc(F)c(F)cc2F)ncc1N1CCC[C@@](N)(CC(F)F)C1. The van der Waals surface area contributed by atoms with E-state index in [1.54, 1.807) is 10.6 Å². The lowest BCUT2D eigenvalue weighted by molar-refractivity contribution is 0.0983. The van der Waals surface area contributed by atoms with Crippen molar-refractivity contribution >= 4 is 22.7 Å². The second-order valence-electron chi connectivity index (χ2n) is 9.23. The van der Waals surface area contributed by atoms with Crippen molar-refractivity contribution in [3.8, 4) is 11.3 Å². The standard InChI is InChI=1S/C24H23F5N8/c25-15-6-17(27)16(26)5-14(15)18-4-13(9-37-12-35-21-22(30)33-11-34-23(21)37)19(8-32-18)36-3-1-2-24(31,10-36)7-20(28)29/h4-6,8,11-12,20H,1-3,7,9-10,31H2,(H2,30,33,34)/t24-/m1/s1. The monoisotopic (exact) mass is 518 g/mol. The number of aromatic nitrogens is 5. The molecule has 0 unspecified atom stereocenters. The van der Waals surface area contributed by atoms with E-state index in [0.717, 1.165) is 6.07 Å². The minimum absolute atomic E-state index is 0.0670. The van der Waals surface area contributed by atoms with Crippen LogP contribution >= 0.6 is 0 Å². The van der Waals surface area contributed by atoms with Gasteiger partial charge in [-0.05, 0) is 30.5 Å². The molecule has 194 valence electrons. The number of fused-ring (bicyclic) bond motifs is 1.